The zero-order valence-corrected chi connectivity index (χ0v) is 8.83. The van der Waals surface area contributed by atoms with E-state index in [-0.39, 0.29) is 18.6 Å². The standard InChI is InChI=1S/C7H17NO2.C2H6/c1-5(6(2)8-3)7(10)4-9;1-2/h5-10H,4H2,1-3H3;1-2H3/t5-,6-,7?;/m1./s1. The minimum absolute atomic E-state index is 0.0926. The highest BCUT2D eigenvalue weighted by molar-refractivity contribution is 4.72. The largest absolute Gasteiger partial charge is 0.394 e. The maximum Gasteiger partial charge on any atom is 0.0811 e. The Morgan fingerprint density at radius 2 is 1.67 bits per heavy atom. The van der Waals surface area contributed by atoms with Crippen LogP contribution in [0.2, 0.25) is 0 Å². The van der Waals surface area contributed by atoms with Gasteiger partial charge in [0.25, 0.3) is 0 Å². The fourth-order valence-electron chi connectivity index (χ4n) is 0.762. The van der Waals surface area contributed by atoms with E-state index in [1.807, 2.05) is 34.7 Å². The number of hydrogen-bond acceptors (Lipinski definition) is 3. The Hall–Kier alpha value is -0.120. The van der Waals surface area contributed by atoms with E-state index in [1.54, 1.807) is 0 Å². The van der Waals surface area contributed by atoms with Crippen molar-refractivity contribution in [3.63, 3.8) is 0 Å². The summed E-state index contributed by atoms with van der Waals surface area (Å²) in [6, 6.07) is 0.238. The van der Waals surface area contributed by atoms with Gasteiger partial charge < -0.3 is 15.5 Å². The van der Waals surface area contributed by atoms with Crippen LogP contribution >= 0.6 is 0 Å². The molecule has 0 aromatic rings. The summed E-state index contributed by atoms with van der Waals surface area (Å²) >= 11 is 0. The Bertz CT molecular complexity index is 78.6. The second kappa shape index (κ2) is 8.97. The van der Waals surface area contributed by atoms with E-state index >= 15 is 0 Å². The first-order valence-corrected chi connectivity index (χ1v) is 4.59. The Morgan fingerprint density at radius 1 is 1.25 bits per heavy atom. The molecule has 0 radical (unpaired) electrons. The monoisotopic (exact) mass is 177 g/mol. The molecule has 0 aromatic carbocycles. The molecule has 12 heavy (non-hydrogen) atoms. The van der Waals surface area contributed by atoms with Crippen molar-refractivity contribution in [3.8, 4) is 0 Å². The second-order valence-corrected chi connectivity index (χ2v) is 2.69. The van der Waals surface area contributed by atoms with Gasteiger partial charge in [0.2, 0.25) is 0 Å². The highest BCUT2D eigenvalue weighted by Gasteiger charge is 2.17. The lowest BCUT2D eigenvalue weighted by atomic mass is 9.98. The van der Waals surface area contributed by atoms with Crippen molar-refractivity contribution in [3.05, 3.63) is 0 Å². The van der Waals surface area contributed by atoms with Crippen LogP contribution in [0.15, 0.2) is 0 Å². The highest BCUT2D eigenvalue weighted by Crippen LogP contribution is 2.06. The molecule has 3 heteroatoms. The van der Waals surface area contributed by atoms with E-state index in [0.717, 1.165) is 0 Å². The molecule has 0 saturated carbocycles. The van der Waals surface area contributed by atoms with Gasteiger partial charge in [0.05, 0.1) is 12.7 Å². The van der Waals surface area contributed by atoms with Crippen LogP contribution in [0.4, 0.5) is 0 Å². The minimum Gasteiger partial charge on any atom is -0.394 e. The van der Waals surface area contributed by atoms with E-state index in [0.29, 0.717) is 0 Å². The Labute approximate surface area is 75.8 Å². The van der Waals surface area contributed by atoms with E-state index in [1.165, 1.54) is 0 Å². The normalized spacial score (nSPS) is 17.2. The zero-order chi connectivity index (χ0) is 10.1. The van der Waals surface area contributed by atoms with Crippen molar-refractivity contribution in [2.24, 2.45) is 5.92 Å². The number of rotatable bonds is 4. The Kier molecular flexibility index (Phi) is 10.8. The van der Waals surface area contributed by atoms with Crippen LogP contribution in [0.1, 0.15) is 27.7 Å². The maximum absolute atomic E-state index is 9.14. The van der Waals surface area contributed by atoms with Gasteiger partial charge in [-0.05, 0) is 19.9 Å². The molecule has 0 saturated heterocycles. The van der Waals surface area contributed by atoms with Crippen molar-refractivity contribution in [2.45, 2.75) is 39.8 Å². The Morgan fingerprint density at radius 3 is 1.92 bits per heavy atom. The maximum atomic E-state index is 9.14. The van der Waals surface area contributed by atoms with Crippen LogP contribution < -0.4 is 5.32 Å². The molecule has 0 fully saturated rings. The van der Waals surface area contributed by atoms with Crippen LogP contribution in [0, 0.1) is 5.92 Å². The first kappa shape index (κ1) is 14.4. The molecule has 1 unspecified atom stereocenters. The summed E-state index contributed by atoms with van der Waals surface area (Å²) in [6.07, 6.45) is -0.609. The van der Waals surface area contributed by atoms with Crippen LogP contribution in [0.3, 0.4) is 0 Å². The number of aliphatic hydroxyl groups is 2. The zero-order valence-electron chi connectivity index (χ0n) is 8.83. The molecule has 0 aliphatic carbocycles. The molecular formula is C9H23NO2. The van der Waals surface area contributed by atoms with Gasteiger partial charge in [0.15, 0.2) is 0 Å². The quantitative estimate of drug-likeness (QED) is 0.590. The lowest BCUT2D eigenvalue weighted by Crippen LogP contribution is -2.37. The molecule has 0 bridgehead atoms. The second-order valence-electron chi connectivity index (χ2n) is 2.69. The summed E-state index contributed by atoms with van der Waals surface area (Å²) in [5, 5.41) is 20.7. The van der Waals surface area contributed by atoms with Crippen LogP contribution in [0.5, 0.6) is 0 Å². The van der Waals surface area contributed by atoms with Gasteiger partial charge >= 0.3 is 0 Å². The summed E-state index contributed by atoms with van der Waals surface area (Å²) in [5.41, 5.74) is 0. The van der Waals surface area contributed by atoms with Crippen LogP contribution in [-0.2, 0) is 0 Å². The van der Waals surface area contributed by atoms with Gasteiger partial charge in [-0.1, -0.05) is 20.8 Å². The van der Waals surface area contributed by atoms with E-state index < -0.39 is 6.10 Å². The molecule has 3 N–H and O–H groups in total. The summed E-state index contributed by atoms with van der Waals surface area (Å²) in [6.45, 7) is 7.72. The first-order chi connectivity index (χ1) is 5.63. The average molecular weight is 177 g/mol. The summed E-state index contributed by atoms with van der Waals surface area (Å²) in [4.78, 5) is 0. The first-order valence-electron chi connectivity index (χ1n) is 4.59. The fraction of sp³-hybridized carbons (Fsp3) is 1.00. The minimum atomic E-state index is -0.609. The van der Waals surface area contributed by atoms with Crippen LogP contribution in [0.25, 0.3) is 0 Å². The van der Waals surface area contributed by atoms with Crippen molar-refractivity contribution >= 4 is 0 Å². The molecule has 0 spiro atoms. The van der Waals surface area contributed by atoms with E-state index in [9.17, 15) is 0 Å². The lowest BCUT2D eigenvalue weighted by Gasteiger charge is -2.22. The third-order valence-corrected chi connectivity index (χ3v) is 2.04. The van der Waals surface area contributed by atoms with Gasteiger partial charge in [-0.2, -0.15) is 0 Å². The topological polar surface area (TPSA) is 52.5 Å². The van der Waals surface area contributed by atoms with Gasteiger partial charge in [0, 0.05) is 6.04 Å². The van der Waals surface area contributed by atoms with E-state index in [2.05, 4.69) is 5.32 Å². The number of hydrogen-bond donors (Lipinski definition) is 3. The number of nitrogens with one attached hydrogen (secondary N) is 1. The highest BCUT2D eigenvalue weighted by atomic mass is 16.3. The van der Waals surface area contributed by atoms with Gasteiger partial charge in [-0.3, -0.25) is 0 Å². The molecule has 0 aromatic heterocycles. The molecule has 0 aliphatic heterocycles. The smallest absolute Gasteiger partial charge is 0.0811 e. The third kappa shape index (κ3) is 5.52. The predicted molar refractivity (Wildman–Crippen MR) is 52.1 cm³/mol. The predicted octanol–water partition coefficient (Wildman–Crippen LogP) is 0.610. The van der Waals surface area contributed by atoms with E-state index in [4.69, 9.17) is 10.2 Å². The number of aliphatic hydroxyl groups excluding tert-OH is 2. The van der Waals surface area contributed by atoms with Crippen LogP contribution in [-0.4, -0.2) is 36.0 Å². The molecule has 0 rings (SSSR count). The summed E-state index contributed by atoms with van der Waals surface area (Å²) in [5.74, 6) is 0.0926. The molecule has 76 valence electrons. The van der Waals surface area contributed by atoms with Gasteiger partial charge in [0.1, 0.15) is 0 Å². The average Bonchev–Trinajstić information content (AvgIpc) is 2.17. The molecule has 3 atom stereocenters. The van der Waals surface area contributed by atoms with Crippen molar-refractivity contribution in [1.82, 2.24) is 5.32 Å². The summed E-state index contributed by atoms with van der Waals surface area (Å²) < 4.78 is 0. The molecule has 0 aliphatic rings. The van der Waals surface area contributed by atoms with Crippen molar-refractivity contribution in [1.29, 1.82) is 0 Å². The molecular weight excluding hydrogens is 154 g/mol. The molecule has 3 nitrogen and oxygen atoms in total. The Balaban J connectivity index is 0. The third-order valence-electron chi connectivity index (χ3n) is 2.04. The van der Waals surface area contributed by atoms with Crippen molar-refractivity contribution in [2.75, 3.05) is 13.7 Å². The molecule has 0 heterocycles. The SMILES string of the molecule is CC.CN[C@H](C)[C@@H](C)C(O)CO. The summed E-state index contributed by atoms with van der Waals surface area (Å²) in [7, 11) is 1.84. The lowest BCUT2D eigenvalue weighted by molar-refractivity contribution is 0.0423. The van der Waals surface area contributed by atoms with Gasteiger partial charge in [-0.15, -0.1) is 0 Å². The van der Waals surface area contributed by atoms with Gasteiger partial charge in [-0.25, -0.2) is 0 Å². The fourth-order valence-corrected chi connectivity index (χ4v) is 0.762. The van der Waals surface area contributed by atoms with Crippen molar-refractivity contribution < 1.29 is 10.2 Å². The molecule has 0 amide bonds.